The van der Waals surface area contributed by atoms with Gasteiger partial charge in [0.1, 0.15) is 0 Å². The van der Waals surface area contributed by atoms with Gasteiger partial charge in [0.05, 0.1) is 0 Å². The molecule has 94 valence electrons. The number of aromatic amines is 1. The maximum atomic E-state index is 6.14. The maximum absolute atomic E-state index is 6.14. The summed E-state index contributed by atoms with van der Waals surface area (Å²) >= 11 is 0. The number of hydrogen-bond donors (Lipinski definition) is 3. The molecule has 2 aromatic rings. The second-order valence-electron chi connectivity index (χ2n) is 4.22. The Morgan fingerprint density at radius 1 is 1.18 bits per heavy atom. The Labute approximate surface area is 108 Å². The van der Waals surface area contributed by atoms with Crippen molar-refractivity contribution in [2.45, 2.75) is 25.3 Å². The number of nitrogens with two attached hydrogens (primary N) is 2. The highest BCUT2D eigenvalue weighted by molar-refractivity contribution is 5.85. The summed E-state index contributed by atoms with van der Waals surface area (Å²) in [4.78, 5) is 3.18. The predicted molar refractivity (Wildman–Crippen MR) is 75.4 cm³/mol. The summed E-state index contributed by atoms with van der Waals surface area (Å²) in [6.07, 6.45) is 5.12. The number of nitrogens with one attached hydrogen (secondary N) is 1. The monoisotopic (exact) mass is 253 g/mol. The molecule has 0 fully saturated rings. The molecule has 1 aromatic heterocycles. The fourth-order valence-electron chi connectivity index (χ4n) is 1.98. The lowest BCUT2D eigenvalue weighted by atomic mass is 10.0. The first kappa shape index (κ1) is 14.0. The second kappa shape index (κ2) is 6.64. The van der Waals surface area contributed by atoms with E-state index in [0.717, 1.165) is 31.3 Å². The summed E-state index contributed by atoms with van der Waals surface area (Å²) in [6, 6.07) is 8.56. The van der Waals surface area contributed by atoms with E-state index in [1.165, 1.54) is 10.9 Å². The molecule has 0 aliphatic rings. The maximum Gasteiger partial charge on any atom is 0.0454 e. The average molecular weight is 254 g/mol. The Morgan fingerprint density at radius 3 is 2.76 bits per heavy atom. The molecule has 0 saturated heterocycles. The van der Waals surface area contributed by atoms with Gasteiger partial charge < -0.3 is 16.5 Å². The average Bonchev–Trinajstić information content (AvgIpc) is 2.76. The molecular formula is C13H20ClN3. The first-order valence-electron chi connectivity index (χ1n) is 5.84. The molecule has 3 nitrogen and oxygen atoms in total. The van der Waals surface area contributed by atoms with Crippen LogP contribution in [0.1, 0.15) is 30.9 Å². The third-order valence-corrected chi connectivity index (χ3v) is 2.97. The van der Waals surface area contributed by atoms with Gasteiger partial charge in [0.2, 0.25) is 0 Å². The number of rotatable bonds is 5. The minimum absolute atomic E-state index is 0. The highest BCUT2D eigenvalue weighted by Gasteiger charge is 2.06. The van der Waals surface area contributed by atoms with Crippen molar-refractivity contribution >= 4 is 23.3 Å². The van der Waals surface area contributed by atoms with Crippen LogP contribution in [0.3, 0.4) is 0 Å². The number of aromatic nitrogens is 1. The zero-order valence-corrected chi connectivity index (χ0v) is 10.7. The molecule has 0 bridgehead atoms. The van der Waals surface area contributed by atoms with Gasteiger partial charge in [0.15, 0.2) is 0 Å². The number of fused-ring (bicyclic) bond motifs is 1. The van der Waals surface area contributed by atoms with Gasteiger partial charge in [-0.3, -0.25) is 0 Å². The van der Waals surface area contributed by atoms with Crippen molar-refractivity contribution in [2.24, 2.45) is 11.5 Å². The van der Waals surface area contributed by atoms with Crippen molar-refractivity contribution in [2.75, 3.05) is 6.54 Å². The summed E-state index contributed by atoms with van der Waals surface area (Å²) in [5.74, 6) is 0. The smallest absolute Gasteiger partial charge is 0.0454 e. The van der Waals surface area contributed by atoms with Gasteiger partial charge in [-0.05, 0) is 48.5 Å². The first-order chi connectivity index (χ1) is 7.81. The van der Waals surface area contributed by atoms with Crippen LogP contribution in [-0.2, 0) is 0 Å². The van der Waals surface area contributed by atoms with Crippen LogP contribution in [0, 0.1) is 0 Å². The van der Waals surface area contributed by atoms with E-state index >= 15 is 0 Å². The van der Waals surface area contributed by atoms with Gasteiger partial charge in [0.25, 0.3) is 0 Å². The van der Waals surface area contributed by atoms with E-state index < -0.39 is 0 Å². The van der Waals surface area contributed by atoms with Crippen LogP contribution in [0.5, 0.6) is 0 Å². The van der Waals surface area contributed by atoms with Crippen molar-refractivity contribution in [1.82, 2.24) is 4.98 Å². The standard InChI is InChI=1S/C13H19N3.ClH/c14-7-2-1-3-12(15)10-4-5-13-11(9-10)6-8-16-13;/h4-6,8-9,12,16H,1-3,7,14-15H2;1H/t12-;/m0./s1. The van der Waals surface area contributed by atoms with Crippen LogP contribution >= 0.6 is 12.4 Å². The number of unbranched alkanes of at least 4 members (excludes halogenated alkanes) is 1. The number of H-pyrrole nitrogens is 1. The van der Waals surface area contributed by atoms with E-state index in [0.29, 0.717) is 0 Å². The number of benzene rings is 1. The van der Waals surface area contributed by atoms with Gasteiger partial charge in [0, 0.05) is 17.8 Å². The summed E-state index contributed by atoms with van der Waals surface area (Å²) in [7, 11) is 0. The zero-order chi connectivity index (χ0) is 11.4. The fourth-order valence-corrected chi connectivity index (χ4v) is 1.98. The van der Waals surface area contributed by atoms with Crippen LogP contribution in [0.15, 0.2) is 30.5 Å². The van der Waals surface area contributed by atoms with Crippen LogP contribution in [0.4, 0.5) is 0 Å². The summed E-state index contributed by atoms with van der Waals surface area (Å²) in [5.41, 5.74) is 14.0. The molecule has 0 unspecified atom stereocenters. The molecule has 2 rings (SSSR count). The fraction of sp³-hybridized carbons (Fsp3) is 0.385. The van der Waals surface area contributed by atoms with Crippen LogP contribution in [0.2, 0.25) is 0 Å². The number of halogens is 1. The van der Waals surface area contributed by atoms with Gasteiger partial charge in [-0.1, -0.05) is 12.5 Å². The third-order valence-electron chi connectivity index (χ3n) is 2.97. The van der Waals surface area contributed by atoms with E-state index in [1.807, 2.05) is 6.20 Å². The molecule has 1 atom stereocenters. The molecule has 0 amide bonds. The molecule has 0 aliphatic heterocycles. The minimum Gasteiger partial charge on any atom is -0.361 e. The van der Waals surface area contributed by atoms with Crippen molar-refractivity contribution in [1.29, 1.82) is 0 Å². The molecular weight excluding hydrogens is 234 g/mol. The van der Waals surface area contributed by atoms with E-state index in [9.17, 15) is 0 Å². The quantitative estimate of drug-likeness (QED) is 0.718. The Morgan fingerprint density at radius 2 is 2.00 bits per heavy atom. The Hall–Kier alpha value is -1.03. The van der Waals surface area contributed by atoms with E-state index in [1.54, 1.807) is 0 Å². The first-order valence-corrected chi connectivity index (χ1v) is 5.84. The molecule has 0 spiro atoms. The molecule has 0 saturated carbocycles. The predicted octanol–water partition coefficient (Wildman–Crippen LogP) is 2.72. The minimum atomic E-state index is 0. The Kier molecular flexibility index (Phi) is 5.48. The third kappa shape index (κ3) is 3.46. The van der Waals surface area contributed by atoms with Crippen LogP contribution in [-0.4, -0.2) is 11.5 Å². The Balaban J connectivity index is 0.00000144. The lowest BCUT2D eigenvalue weighted by Crippen LogP contribution is -2.10. The van der Waals surface area contributed by atoms with Gasteiger partial charge in [-0.2, -0.15) is 0 Å². The normalized spacial score (nSPS) is 12.4. The van der Waals surface area contributed by atoms with Gasteiger partial charge >= 0.3 is 0 Å². The molecule has 5 N–H and O–H groups in total. The summed E-state index contributed by atoms with van der Waals surface area (Å²) in [6.45, 7) is 0.754. The summed E-state index contributed by atoms with van der Waals surface area (Å²) < 4.78 is 0. The molecule has 1 heterocycles. The molecule has 0 radical (unpaired) electrons. The van der Waals surface area contributed by atoms with E-state index in [2.05, 4.69) is 29.2 Å². The lowest BCUT2D eigenvalue weighted by Gasteiger charge is -2.11. The van der Waals surface area contributed by atoms with E-state index in [-0.39, 0.29) is 18.4 Å². The number of hydrogen-bond acceptors (Lipinski definition) is 2. The largest absolute Gasteiger partial charge is 0.361 e. The highest BCUT2D eigenvalue weighted by Crippen LogP contribution is 2.21. The molecule has 1 aromatic carbocycles. The van der Waals surface area contributed by atoms with Crippen molar-refractivity contribution in [3.63, 3.8) is 0 Å². The second-order valence-corrected chi connectivity index (χ2v) is 4.22. The van der Waals surface area contributed by atoms with Gasteiger partial charge in [-0.15, -0.1) is 12.4 Å². The zero-order valence-electron chi connectivity index (χ0n) is 9.86. The molecule has 4 heteroatoms. The lowest BCUT2D eigenvalue weighted by molar-refractivity contribution is 0.591. The van der Waals surface area contributed by atoms with E-state index in [4.69, 9.17) is 11.5 Å². The van der Waals surface area contributed by atoms with Crippen LogP contribution < -0.4 is 11.5 Å². The topological polar surface area (TPSA) is 67.8 Å². The van der Waals surface area contributed by atoms with Crippen molar-refractivity contribution in [3.8, 4) is 0 Å². The highest BCUT2D eigenvalue weighted by atomic mass is 35.5. The molecule has 0 aliphatic carbocycles. The van der Waals surface area contributed by atoms with Crippen molar-refractivity contribution < 1.29 is 0 Å². The Bertz CT molecular complexity index is 453. The van der Waals surface area contributed by atoms with Crippen LogP contribution in [0.25, 0.3) is 10.9 Å². The van der Waals surface area contributed by atoms with Crippen molar-refractivity contribution in [3.05, 3.63) is 36.0 Å². The SMILES string of the molecule is Cl.NCCCC[C@H](N)c1ccc2[nH]ccc2c1. The molecule has 17 heavy (non-hydrogen) atoms. The summed E-state index contributed by atoms with van der Waals surface area (Å²) in [5, 5.41) is 1.23. The van der Waals surface area contributed by atoms with Gasteiger partial charge in [-0.25, -0.2) is 0 Å².